The minimum Gasteiger partial charge on any atom is -0.368 e. The van der Waals surface area contributed by atoms with Crippen molar-refractivity contribution in [3.05, 3.63) is 53.3 Å². The average molecular weight is 367 g/mol. The van der Waals surface area contributed by atoms with Gasteiger partial charge in [-0.3, -0.25) is 9.78 Å². The lowest BCUT2D eigenvalue weighted by atomic mass is 9.98. The summed E-state index contributed by atoms with van der Waals surface area (Å²) in [6.45, 7) is 13.6. The summed E-state index contributed by atoms with van der Waals surface area (Å²) in [4.78, 5) is 22.0. The number of aryl methyl sites for hydroxylation is 1. The van der Waals surface area contributed by atoms with Crippen LogP contribution in [0.4, 0.5) is 11.4 Å². The fourth-order valence-corrected chi connectivity index (χ4v) is 3.58. The number of para-hydroxylation sites is 1. The van der Waals surface area contributed by atoms with Crippen LogP contribution in [0, 0.1) is 6.92 Å². The number of benzene rings is 1. The van der Waals surface area contributed by atoms with Crippen LogP contribution >= 0.6 is 0 Å². The summed E-state index contributed by atoms with van der Waals surface area (Å²) in [5.74, 6) is 0.243. The first-order valence-electron chi connectivity index (χ1n) is 9.82. The zero-order valence-corrected chi connectivity index (χ0v) is 16.8. The first-order valence-corrected chi connectivity index (χ1v) is 9.82. The molecular formula is C22H30N4O. The summed E-state index contributed by atoms with van der Waals surface area (Å²) in [5.41, 5.74) is 4.77. The van der Waals surface area contributed by atoms with Gasteiger partial charge in [0.05, 0.1) is 17.4 Å². The van der Waals surface area contributed by atoms with Gasteiger partial charge in [0, 0.05) is 38.1 Å². The predicted octanol–water partition coefficient (Wildman–Crippen LogP) is 3.91. The van der Waals surface area contributed by atoms with Crippen molar-refractivity contribution >= 4 is 17.3 Å². The van der Waals surface area contributed by atoms with E-state index in [-0.39, 0.29) is 5.91 Å². The average Bonchev–Trinajstić information content (AvgIpc) is 2.69. The molecule has 1 N–H and O–H groups in total. The molecule has 2 aromatic rings. The normalized spacial score (nSPS) is 15.2. The standard InChI is InChI=1S/C22H30N4O/c1-5-25-9-11-26(12-10-25)19-13-18(14-23-15-19)22(27)24-21-17(4)7-6-8-20(21)16(2)3/h6-8,13-16H,5,9-12H2,1-4H3,(H,24,27). The number of piperazine rings is 1. The Hall–Kier alpha value is -2.40. The molecular weight excluding hydrogens is 336 g/mol. The number of pyridine rings is 1. The first kappa shape index (κ1) is 19.4. The first-order chi connectivity index (χ1) is 13.0. The molecule has 2 heterocycles. The third kappa shape index (κ3) is 4.48. The summed E-state index contributed by atoms with van der Waals surface area (Å²) in [6.07, 6.45) is 3.50. The Kier molecular flexibility index (Phi) is 6.11. The second-order valence-corrected chi connectivity index (χ2v) is 7.50. The number of likely N-dealkylation sites (N-methyl/N-ethyl adjacent to an activating group) is 1. The summed E-state index contributed by atoms with van der Waals surface area (Å²) in [7, 11) is 0. The van der Waals surface area contributed by atoms with Gasteiger partial charge in [0.25, 0.3) is 5.91 Å². The molecule has 0 spiro atoms. The maximum Gasteiger partial charge on any atom is 0.257 e. The van der Waals surface area contributed by atoms with Crippen molar-refractivity contribution in [2.24, 2.45) is 0 Å². The zero-order chi connectivity index (χ0) is 19.4. The van der Waals surface area contributed by atoms with Gasteiger partial charge in [-0.25, -0.2) is 0 Å². The molecule has 0 saturated carbocycles. The van der Waals surface area contributed by atoms with Gasteiger partial charge in [-0.1, -0.05) is 39.0 Å². The molecule has 0 bridgehead atoms. The van der Waals surface area contributed by atoms with Crippen LogP contribution in [-0.4, -0.2) is 48.5 Å². The molecule has 0 radical (unpaired) electrons. The van der Waals surface area contributed by atoms with E-state index in [4.69, 9.17) is 0 Å². The van der Waals surface area contributed by atoms with Gasteiger partial charge in [-0.05, 0) is 36.6 Å². The van der Waals surface area contributed by atoms with Crippen LogP contribution in [0.15, 0.2) is 36.7 Å². The quantitative estimate of drug-likeness (QED) is 0.872. The van der Waals surface area contributed by atoms with E-state index in [9.17, 15) is 4.79 Å². The second-order valence-electron chi connectivity index (χ2n) is 7.50. The van der Waals surface area contributed by atoms with Gasteiger partial charge in [-0.2, -0.15) is 0 Å². The minimum atomic E-state index is -0.104. The highest BCUT2D eigenvalue weighted by Crippen LogP contribution is 2.28. The van der Waals surface area contributed by atoms with Crippen molar-refractivity contribution in [1.82, 2.24) is 9.88 Å². The molecule has 0 atom stereocenters. The van der Waals surface area contributed by atoms with Crippen molar-refractivity contribution in [2.45, 2.75) is 33.6 Å². The van der Waals surface area contributed by atoms with Crippen LogP contribution < -0.4 is 10.2 Å². The molecule has 1 aliphatic heterocycles. The summed E-state index contributed by atoms with van der Waals surface area (Å²) in [6, 6.07) is 8.11. The van der Waals surface area contributed by atoms with Gasteiger partial charge in [0.1, 0.15) is 0 Å². The SMILES string of the molecule is CCN1CCN(c2cncc(C(=O)Nc3c(C)cccc3C(C)C)c2)CC1. The molecule has 0 unspecified atom stereocenters. The van der Waals surface area contributed by atoms with Crippen LogP contribution in [0.25, 0.3) is 0 Å². The van der Waals surface area contributed by atoms with Gasteiger partial charge in [-0.15, -0.1) is 0 Å². The lowest BCUT2D eigenvalue weighted by Crippen LogP contribution is -2.46. The molecule has 1 aromatic carbocycles. The van der Waals surface area contributed by atoms with Crippen molar-refractivity contribution in [1.29, 1.82) is 0 Å². The Bertz CT molecular complexity index is 795. The van der Waals surface area contributed by atoms with Gasteiger partial charge in [0.15, 0.2) is 0 Å². The second kappa shape index (κ2) is 8.53. The van der Waals surface area contributed by atoms with E-state index >= 15 is 0 Å². The Morgan fingerprint density at radius 3 is 2.59 bits per heavy atom. The molecule has 1 saturated heterocycles. The molecule has 5 nitrogen and oxygen atoms in total. The molecule has 144 valence electrons. The summed E-state index contributed by atoms with van der Waals surface area (Å²) in [5, 5.41) is 3.12. The number of amides is 1. The van der Waals surface area contributed by atoms with E-state index < -0.39 is 0 Å². The summed E-state index contributed by atoms with van der Waals surface area (Å²) >= 11 is 0. The van der Waals surface area contributed by atoms with Crippen LogP contribution in [0.2, 0.25) is 0 Å². The smallest absolute Gasteiger partial charge is 0.257 e. The van der Waals surface area contributed by atoms with Crippen LogP contribution in [0.1, 0.15) is 48.2 Å². The molecule has 1 aliphatic rings. The number of nitrogens with one attached hydrogen (secondary N) is 1. The monoisotopic (exact) mass is 366 g/mol. The fraction of sp³-hybridized carbons (Fsp3) is 0.455. The molecule has 5 heteroatoms. The van der Waals surface area contributed by atoms with Crippen molar-refractivity contribution < 1.29 is 4.79 Å². The lowest BCUT2D eigenvalue weighted by molar-refractivity contribution is 0.102. The van der Waals surface area contributed by atoms with Crippen molar-refractivity contribution in [3.63, 3.8) is 0 Å². The fourth-order valence-electron chi connectivity index (χ4n) is 3.58. The highest BCUT2D eigenvalue weighted by atomic mass is 16.1. The molecule has 1 aromatic heterocycles. The van der Waals surface area contributed by atoms with E-state index in [0.717, 1.165) is 55.2 Å². The molecule has 0 aliphatic carbocycles. The van der Waals surface area contributed by atoms with Gasteiger partial charge >= 0.3 is 0 Å². The highest BCUT2D eigenvalue weighted by molar-refractivity contribution is 6.05. The van der Waals surface area contributed by atoms with Crippen LogP contribution in [0.5, 0.6) is 0 Å². The molecule has 3 rings (SSSR count). The number of hydrogen-bond acceptors (Lipinski definition) is 4. The molecule has 27 heavy (non-hydrogen) atoms. The van der Waals surface area contributed by atoms with E-state index in [1.54, 1.807) is 6.20 Å². The third-order valence-electron chi connectivity index (χ3n) is 5.34. The minimum absolute atomic E-state index is 0.104. The number of rotatable bonds is 5. The number of nitrogens with zero attached hydrogens (tertiary/aromatic N) is 3. The van der Waals surface area contributed by atoms with Gasteiger partial charge in [0.2, 0.25) is 0 Å². The Balaban J connectivity index is 1.77. The van der Waals surface area contributed by atoms with E-state index in [2.05, 4.69) is 46.9 Å². The maximum atomic E-state index is 12.9. The van der Waals surface area contributed by atoms with Crippen LogP contribution in [-0.2, 0) is 0 Å². The number of aromatic nitrogens is 1. The highest BCUT2D eigenvalue weighted by Gasteiger charge is 2.18. The number of hydrogen-bond donors (Lipinski definition) is 1. The maximum absolute atomic E-state index is 12.9. The lowest BCUT2D eigenvalue weighted by Gasteiger charge is -2.35. The molecule has 1 fully saturated rings. The Morgan fingerprint density at radius 1 is 1.19 bits per heavy atom. The van der Waals surface area contributed by atoms with E-state index in [1.165, 1.54) is 0 Å². The van der Waals surface area contributed by atoms with E-state index in [0.29, 0.717) is 11.5 Å². The predicted molar refractivity (Wildman–Crippen MR) is 112 cm³/mol. The van der Waals surface area contributed by atoms with Crippen molar-refractivity contribution in [2.75, 3.05) is 42.9 Å². The Morgan fingerprint density at radius 2 is 1.93 bits per heavy atom. The topological polar surface area (TPSA) is 48.5 Å². The molecule has 1 amide bonds. The van der Waals surface area contributed by atoms with Crippen LogP contribution in [0.3, 0.4) is 0 Å². The number of anilines is 2. The van der Waals surface area contributed by atoms with E-state index in [1.807, 2.05) is 31.3 Å². The van der Waals surface area contributed by atoms with Gasteiger partial charge < -0.3 is 15.1 Å². The van der Waals surface area contributed by atoms with Crippen molar-refractivity contribution in [3.8, 4) is 0 Å². The Labute approximate surface area is 162 Å². The zero-order valence-electron chi connectivity index (χ0n) is 16.8. The number of carbonyl (C=O) groups is 1. The third-order valence-corrected chi connectivity index (χ3v) is 5.34. The largest absolute Gasteiger partial charge is 0.368 e. The number of carbonyl (C=O) groups excluding carboxylic acids is 1. The summed E-state index contributed by atoms with van der Waals surface area (Å²) < 4.78 is 0.